The van der Waals surface area contributed by atoms with E-state index in [0.29, 0.717) is 0 Å². The number of nitrogens with zero attached hydrogens (tertiary/aromatic N) is 1. The number of benzene rings is 1. The predicted molar refractivity (Wildman–Crippen MR) is 73.6 cm³/mol. The van der Waals surface area contributed by atoms with Crippen molar-refractivity contribution in [3.8, 4) is 0 Å². The quantitative estimate of drug-likeness (QED) is 0.777. The number of carbonyl (C=O) groups is 1. The van der Waals surface area contributed by atoms with Crippen molar-refractivity contribution in [1.82, 2.24) is 0 Å². The number of carbonyl (C=O) groups excluding carboxylic acids is 1. The van der Waals surface area contributed by atoms with Crippen LogP contribution in [-0.4, -0.2) is 19.4 Å². The zero-order chi connectivity index (χ0) is 13.1. The van der Waals surface area contributed by atoms with Gasteiger partial charge in [-0.25, -0.2) is 0 Å². The highest BCUT2D eigenvalue weighted by Gasteiger charge is 2.25. The van der Waals surface area contributed by atoms with Crippen molar-refractivity contribution in [2.45, 2.75) is 34.1 Å². The number of ketones is 1. The largest absolute Gasteiger partial charge is 0.374 e. The number of Topliss-reactive ketones (excluding diaryl/α,β-unsaturated/α-hetero) is 1. The van der Waals surface area contributed by atoms with Gasteiger partial charge in [-0.2, -0.15) is 0 Å². The van der Waals surface area contributed by atoms with Gasteiger partial charge in [0.2, 0.25) is 0 Å². The van der Waals surface area contributed by atoms with Gasteiger partial charge in [0, 0.05) is 24.7 Å². The smallest absolute Gasteiger partial charge is 0.137 e. The van der Waals surface area contributed by atoms with Crippen LogP contribution in [0.2, 0.25) is 0 Å². The monoisotopic (exact) mass is 233 g/mol. The lowest BCUT2D eigenvalue weighted by Gasteiger charge is -2.29. The fraction of sp³-hybridized carbons (Fsp3) is 0.533. The van der Waals surface area contributed by atoms with Gasteiger partial charge in [0.1, 0.15) is 5.78 Å². The molecule has 0 atom stereocenters. The third-order valence-electron chi connectivity index (χ3n) is 3.37. The molecule has 94 valence electrons. The van der Waals surface area contributed by atoms with Crippen molar-refractivity contribution in [3.05, 3.63) is 29.8 Å². The van der Waals surface area contributed by atoms with Crippen LogP contribution < -0.4 is 4.90 Å². The first-order valence-electron chi connectivity index (χ1n) is 6.18. The van der Waals surface area contributed by atoms with Gasteiger partial charge in [0.25, 0.3) is 0 Å². The van der Waals surface area contributed by atoms with E-state index in [1.54, 1.807) is 6.92 Å². The molecule has 0 aliphatic rings. The first-order valence-corrected chi connectivity index (χ1v) is 6.18. The first kappa shape index (κ1) is 13.8. The van der Waals surface area contributed by atoms with Gasteiger partial charge in [-0.15, -0.1) is 0 Å². The highest BCUT2D eigenvalue weighted by atomic mass is 16.1. The molecule has 1 rings (SSSR count). The van der Waals surface area contributed by atoms with Crippen molar-refractivity contribution < 1.29 is 4.79 Å². The maximum Gasteiger partial charge on any atom is 0.137 e. The predicted octanol–water partition coefficient (Wildman–Crippen LogP) is 3.30. The van der Waals surface area contributed by atoms with E-state index >= 15 is 0 Å². The fourth-order valence-electron chi connectivity index (χ4n) is 1.78. The molecule has 2 nitrogen and oxygen atoms in total. The van der Waals surface area contributed by atoms with Crippen molar-refractivity contribution in [2.24, 2.45) is 5.41 Å². The Hall–Kier alpha value is -1.31. The summed E-state index contributed by atoms with van der Waals surface area (Å²) in [5.74, 6) is 0.231. The third kappa shape index (κ3) is 3.58. The van der Waals surface area contributed by atoms with E-state index in [4.69, 9.17) is 0 Å². The Morgan fingerprint density at radius 1 is 1.24 bits per heavy atom. The van der Waals surface area contributed by atoms with Crippen molar-refractivity contribution in [1.29, 1.82) is 0 Å². The van der Waals surface area contributed by atoms with Crippen LogP contribution in [0.15, 0.2) is 24.3 Å². The standard InChI is InChI=1S/C15H23NO/c1-6-13-7-9-14(10-8-13)16(5)11-15(3,4)12(2)17/h7-10H,6,11H2,1-5H3. The zero-order valence-corrected chi connectivity index (χ0v) is 11.6. The molecule has 0 saturated carbocycles. The molecule has 1 aromatic rings. The molecule has 0 fully saturated rings. The van der Waals surface area contributed by atoms with Gasteiger partial charge >= 0.3 is 0 Å². The molecule has 0 saturated heterocycles. The lowest BCUT2D eigenvalue weighted by atomic mass is 9.88. The van der Waals surface area contributed by atoms with E-state index in [2.05, 4.69) is 36.1 Å². The molecule has 0 aliphatic heterocycles. The maximum atomic E-state index is 11.5. The van der Waals surface area contributed by atoms with E-state index < -0.39 is 0 Å². The van der Waals surface area contributed by atoms with E-state index in [-0.39, 0.29) is 11.2 Å². The van der Waals surface area contributed by atoms with Crippen LogP contribution in [0.4, 0.5) is 5.69 Å². The minimum Gasteiger partial charge on any atom is -0.374 e. The molecule has 0 unspecified atom stereocenters. The van der Waals surface area contributed by atoms with E-state index in [9.17, 15) is 4.79 Å². The Morgan fingerprint density at radius 2 is 1.76 bits per heavy atom. The van der Waals surface area contributed by atoms with Gasteiger partial charge in [-0.05, 0) is 31.0 Å². The van der Waals surface area contributed by atoms with Crippen molar-refractivity contribution in [3.63, 3.8) is 0 Å². The normalized spacial score (nSPS) is 11.4. The molecule has 0 bridgehead atoms. The number of aryl methyl sites for hydroxylation is 1. The van der Waals surface area contributed by atoms with Crippen molar-refractivity contribution >= 4 is 11.5 Å². The van der Waals surface area contributed by atoms with Crippen LogP contribution in [-0.2, 0) is 11.2 Å². The molecular weight excluding hydrogens is 210 g/mol. The molecule has 0 amide bonds. The van der Waals surface area contributed by atoms with E-state index in [0.717, 1.165) is 18.7 Å². The number of anilines is 1. The average Bonchev–Trinajstić information content (AvgIpc) is 2.28. The molecule has 2 heteroatoms. The lowest BCUT2D eigenvalue weighted by Crippen LogP contribution is -2.36. The van der Waals surface area contributed by atoms with Crippen LogP contribution in [0, 0.1) is 5.41 Å². The zero-order valence-electron chi connectivity index (χ0n) is 11.6. The van der Waals surface area contributed by atoms with Crippen molar-refractivity contribution in [2.75, 3.05) is 18.5 Å². The molecule has 0 radical (unpaired) electrons. The minimum atomic E-state index is -0.293. The van der Waals surface area contributed by atoms with Gasteiger partial charge in [-0.3, -0.25) is 4.79 Å². The summed E-state index contributed by atoms with van der Waals surface area (Å²) in [6.45, 7) is 8.54. The SMILES string of the molecule is CCc1ccc(N(C)CC(C)(C)C(C)=O)cc1. The highest BCUT2D eigenvalue weighted by molar-refractivity contribution is 5.82. The maximum absolute atomic E-state index is 11.5. The Balaban J connectivity index is 2.76. The molecule has 17 heavy (non-hydrogen) atoms. The van der Waals surface area contributed by atoms with Crippen LogP contribution in [0.1, 0.15) is 33.3 Å². The van der Waals surface area contributed by atoms with Gasteiger partial charge in [0.05, 0.1) is 0 Å². The third-order valence-corrected chi connectivity index (χ3v) is 3.37. The van der Waals surface area contributed by atoms with Gasteiger partial charge in [0.15, 0.2) is 0 Å². The Morgan fingerprint density at radius 3 is 2.18 bits per heavy atom. The molecule has 0 aromatic heterocycles. The minimum absolute atomic E-state index is 0.231. The summed E-state index contributed by atoms with van der Waals surface area (Å²) in [7, 11) is 2.03. The lowest BCUT2D eigenvalue weighted by molar-refractivity contribution is -0.124. The van der Waals surface area contributed by atoms with Gasteiger partial charge in [-0.1, -0.05) is 32.9 Å². The molecule has 0 spiro atoms. The van der Waals surface area contributed by atoms with Gasteiger partial charge < -0.3 is 4.90 Å². The van der Waals surface area contributed by atoms with Crippen LogP contribution in [0.3, 0.4) is 0 Å². The molecule has 0 aliphatic carbocycles. The topological polar surface area (TPSA) is 20.3 Å². The number of rotatable bonds is 5. The summed E-state index contributed by atoms with van der Waals surface area (Å²) in [5.41, 5.74) is 2.21. The highest BCUT2D eigenvalue weighted by Crippen LogP contribution is 2.22. The second kappa shape index (κ2) is 5.35. The Labute approximate surface area is 105 Å². The fourth-order valence-corrected chi connectivity index (χ4v) is 1.78. The van der Waals surface area contributed by atoms with E-state index in [1.165, 1.54) is 5.56 Å². The second-order valence-corrected chi connectivity index (χ2v) is 5.32. The molecule has 1 aromatic carbocycles. The summed E-state index contributed by atoms with van der Waals surface area (Å²) in [5, 5.41) is 0. The van der Waals surface area contributed by atoms with E-state index in [1.807, 2.05) is 20.9 Å². The summed E-state index contributed by atoms with van der Waals surface area (Å²) in [4.78, 5) is 13.6. The Bertz CT molecular complexity index is 378. The number of hydrogen-bond acceptors (Lipinski definition) is 2. The molecular formula is C15H23NO. The Kier molecular flexibility index (Phi) is 4.33. The number of hydrogen-bond donors (Lipinski definition) is 0. The first-order chi connectivity index (χ1) is 7.86. The molecule has 0 heterocycles. The van der Waals surface area contributed by atoms with Crippen LogP contribution in [0.5, 0.6) is 0 Å². The average molecular weight is 233 g/mol. The second-order valence-electron chi connectivity index (χ2n) is 5.32. The summed E-state index contributed by atoms with van der Waals surface area (Å²) >= 11 is 0. The summed E-state index contributed by atoms with van der Waals surface area (Å²) < 4.78 is 0. The van der Waals surface area contributed by atoms with Crippen LogP contribution >= 0.6 is 0 Å². The molecule has 0 N–H and O–H groups in total. The summed E-state index contributed by atoms with van der Waals surface area (Å²) in [6, 6.07) is 8.53. The van der Waals surface area contributed by atoms with Crippen LogP contribution in [0.25, 0.3) is 0 Å². The summed E-state index contributed by atoms with van der Waals surface area (Å²) in [6.07, 6.45) is 1.06.